The Balaban J connectivity index is 1.59. The fraction of sp³-hybridized carbons (Fsp3) is 0.263. The number of nitrogens with one attached hydrogen (secondary N) is 1. The van der Waals surface area contributed by atoms with E-state index < -0.39 is 0 Å². The maximum atomic E-state index is 12.6. The van der Waals surface area contributed by atoms with E-state index in [2.05, 4.69) is 5.32 Å². The highest BCUT2D eigenvalue weighted by atomic mass is 35.5. The third-order valence-electron chi connectivity index (χ3n) is 4.32. The number of benzene rings is 2. The van der Waals surface area contributed by atoms with Crippen LogP contribution in [0.5, 0.6) is 0 Å². The SMILES string of the molecule is CSc1ccc(C(=O)[C@@H]2CCN(C(=O)Nc3ccc(Cl)cc3)C2)cc1. The predicted molar refractivity (Wildman–Crippen MR) is 103 cm³/mol. The summed E-state index contributed by atoms with van der Waals surface area (Å²) in [5.41, 5.74) is 1.40. The number of anilines is 1. The van der Waals surface area contributed by atoms with Gasteiger partial charge in [0.05, 0.1) is 0 Å². The van der Waals surface area contributed by atoms with Gasteiger partial charge in [-0.2, -0.15) is 0 Å². The second kappa shape index (κ2) is 7.93. The molecular formula is C19H19ClN2O2S. The highest BCUT2D eigenvalue weighted by Crippen LogP contribution is 2.23. The van der Waals surface area contributed by atoms with Crippen molar-refractivity contribution in [2.24, 2.45) is 5.92 Å². The highest BCUT2D eigenvalue weighted by molar-refractivity contribution is 7.98. The van der Waals surface area contributed by atoms with Crippen LogP contribution in [0.1, 0.15) is 16.8 Å². The normalized spacial score (nSPS) is 16.7. The summed E-state index contributed by atoms with van der Waals surface area (Å²) in [4.78, 5) is 27.8. The molecule has 130 valence electrons. The Kier molecular flexibility index (Phi) is 5.66. The number of amides is 2. The second-order valence-electron chi connectivity index (χ2n) is 5.96. The number of rotatable bonds is 4. The first-order chi connectivity index (χ1) is 12.1. The van der Waals surface area contributed by atoms with Crippen LogP contribution in [0.15, 0.2) is 53.4 Å². The van der Waals surface area contributed by atoms with Crippen LogP contribution >= 0.6 is 23.4 Å². The van der Waals surface area contributed by atoms with E-state index in [4.69, 9.17) is 11.6 Å². The van der Waals surface area contributed by atoms with Crippen LogP contribution in [0.4, 0.5) is 10.5 Å². The summed E-state index contributed by atoms with van der Waals surface area (Å²) < 4.78 is 0. The van der Waals surface area contributed by atoms with Crippen LogP contribution in [0.25, 0.3) is 0 Å². The Labute approximate surface area is 156 Å². The fourth-order valence-corrected chi connectivity index (χ4v) is 3.42. The van der Waals surface area contributed by atoms with Crippen molar-refractivity contribution in [1.82, 2.24) is 4.90 Å². The lowest BCUT2D eigenvalue weighted by molar-refractivity contribution is 0.0925. The van der Waals surface area contributed by atoms with Gasteiger partial charge in [-0.25, -0.2) is 4.79 Å². The molecule has 25 heavy (non-hydrogen) atoms. The summed E-state index contributed by atoms with van der Waals surface area (Å²) in [5, 5.41) is 3.46. The third-order valence-corrected chi connectivity index (χ3v) is 5.31. The molecule has 1 saturated heterocycles. The summed E-state index contributed by atoms with van der Waals surface area (Å²) >= 11 is 7.49. The van der Waals surface area contributed by atoms with Crippen molar-refractivity contribution in [3.63, 3.8) is 0 Å². The number of likely N-dealkylation sites (tertiary alicyclic amines) is 1. The van der Waals surface area contributed by atoms with Crippen LogP contribution in [0.2, 0.25) is 5.02 Å². The molecule has 0 unspecified atom stereocenters. The van der Waals surface area contributed by atoms with Crippen LogP contribution in [0.3, 0.4) is 0 Å². The van der Waals surface area contributed by atoms with Gasteiger partial charge in [-0.1, -0.05) is 23.7 Å². The number of carbonyl (C=O) groups is 2. The highest BCUT2D eigenvalue weighted by Gasteiger charge is 2.31. The van der Waals surface area contributed by atoms with E-state index in [1.807, 2.05) is 30.5 Å². The summed E-state index contributed by atoms with van der Waals surface area (Å²) in [6.45, 7) is 1.03. The van der Waals surface area contributed by atoms with Gasteiger partial charge in [-0.05, 0) is 49.1 Å². The van der Waals surface area contributed by atoms with E-state index >= 15 is 0 Å². The van der Waals surface area contributed by atoms with Crippen molar-refractivity contribution < 1.29 is 9.59 Å². The van der Waals surface area contributed by atoms with Gasteiger partial charge in [-0.3, -0.25) is 4.79 Å². The molecule has 0 saturated carbocycles. The molecule has 0 aliphatic carbocycles. The molecule has 1 atom stereocenters. The maximum Gasteiger partial charge on any atom is 0.321 e. The molecule has 2 aromatic rings. The molecule has 1 fully saturated rings. The van der Waals surface area contributed by atoms with E-state index in [0.29, 0.717) is 35.8 Å². The lowest BCUT2D eigenvalue weighted by Crippen LogP contribution is -2.33. The van der Waals surface area contributed by atoms with Gasteiger partial charge in [0.25, 0.3) is 0 Å². The van der Waals surface area contributed by atoms with Crippen molar-refractivity contribution in [2.75, 3.05) is 24.7 Å². The second-order valence-corrected chi connectivity index (χ2v) is 7.28. The van der Waals surface area contributed by atoms with Gasteiger partial charge in [0.1, 0.15) is 0 Å². The third kappa shape index (κ3) is 4.35. The number of hydrogen-bond acceptors (Lipinski definition) is 3. The lowest BCUT2D eigenvalue weighted by atomic mass is 9.97. The average molecular weight is 375 g/mol. The van der Waals surface area contributed by atoms with E-state index in [0.717, 1.165) is 4.90 Å². The van der Waals surface area contributed by atoms with Crippen molar-refractivity contribution in [2.45, 2.75) is 11.3 Å². The first-order valence-electron chi connectivity index (χ1n) is 8.06. The Morgan fingerprint density at radius 1 is 1.12 bits per heavy atom. The topological polar surface area (TPSA) is 49.4 Å². The van der Waals surface area contributed by atoms with E-state index in [-0.39, 0.29) is 17.7 Å². The predicted octanol–water partition coefficient (Wildman–Crippen LogP) is 4.80. The molecule has 0 aromatic heterocycles. The Bertz CT molecular complexity index is 762. The van der Waals surface area contributed by atoms with Crippen molar-refractivity contribution in [3.8, 4) is 0 Å². The zero-order valence-corrected chi connectivity index (χ0v) is 15.4. The van der Waals surface area contributed by atoms with E-state index in [1.165, 1.54) is 0 Å². The number of Topliss-reactive ketones (excluding diaryl/α,β-unsaturated/α-hetero) is 1. The molecular weight excluding hydrogens is 356 g/mol. The number of carbonyl (C=O) groups excluding carboxylic acids is 2. The Hall–Kier alpha value is -1.98. The average Bonchev–Trinajstić information content (AvgIpc) is 3.13. The molecule has 0 radical (unpaired) electrons. The molecule has 6 heteroatoms. The van der Waals surface area contributed by atoms with Gasteiger partial charge in [0, 0.05) is 40.2 Å². The minimum atomic E-state index is -0.185. The van der Waals surface area contributed by atoms with Crippen molar-refractivity contribution in [3.05, 3.63) is 59.1 Å². The van der Waals surface area contributed by atoms with Crippen LogP contribution in [-0.4, -0.2) is 36.1 Å². The zero-order valence-electron chi connectivity index (χ0n) is 13.9. The summed E-state index contributed by atoms with van der Waals surface area (Å²) in [5.74, 6) is -0.0365. The molecule has 0 spiro atoms. The molecule has 1 aliphatic heterocycles. The largest absolute Gasteiger partial charge is 0.324 e. The lowest BCUT2D eigenvalue weighted by Gasteiger charge is -2.17. The molecule has 1 heterocycles. The molecule has 4 nitrogen and oxygen atoms in total. The molecule has 1 N–H and O–H groups in total. The number of hydrogen-bond donors (Lipinski definition) is 1. The summed E-state index contributed by atoms with van der Waals surface area (Å²) in [7, 11) is 0. The van der Waals surface area contributed by atoms with Gasteiger partial charge in [0.15, 0.2) is 5.78 Å². The summed E-state index contributed by atoms with van der Waals surface area (Å²) in [6, 6.07) is 14.4. The number of thioether (sulfide) groups is 1. The van der Waals surface area contributed by atoms with Crippen LogP contribution in [0, 0.1) is 5.92 Å². The van der Waals surface area contributed by atoms with Crippen LogP contribution < -0.4 is 5.32 Å². The molecule has 2 amide bonds. The quantitative estimate of drug-likeness (QED) is 0.617. The van der Waals surface area contributed by atoms with Gasteiger partial charge >= 0.3 is 6.03 Å². The zero-order chi connectivity index (χ0) is 17.8. The minimum absolute atomic E-state index is 0.106. The Morgan fingerprint density at radius 3 is 2.44 bits per heavy atom. The first-order valence-corrected chi connectivity index (χ1v) is 9.67. The van der Waals surface area contributed by atoms with Crippen molar-refractivity contribution in [1.29, 1.82) is 0 Å². The Morgan fingerprint density at radius 2 is 1.80 bits per heavy atom. The van der Waals surface area contributed by atoms with E-state index in [9.17, 15) is 9.59 Å². The molecule has 3 rings (SSSR count). The molecule has 0 bridgehead atoms. The smallest absolute Gasteiger partial charge is 0.321 e. The van der Waals surface area contributed by atoms with Crippen LogP contribution in [-0.2, 0) is 0 Å². The minimum Gasteiger partial charge on any atom is -0.324 e. The van der Waals surface area contributed by atoms with Gasteiger partial charge < -0.3 is 10.2 Å². The van der Waals surface area contributed by atoms with Gasteiger partial charge in [-0.15, -0.1) is 11.8 Å². The number of urea groups is 1. The number of ketones is 1. The van der Waals surface area contributed by atoms with E-state index in [1.54, 1.807) is 40.9 Å². The maximum absolute atomic E-state index is 12.6. The first kappa shape index (κ1) is 17.8. The monoisotopic (exact) mass is 374 g/mol. The fourth-order valence-electron chi connectivity index (χ4n) is 2.89. The molecule has 2 aromatic carbocycles. The number of nitrogens with zero attached hydrogens (tertiary/aromatic N) is 1. The number of halogens is 1. The summed E-state index contributed by atoms with van der Waals surface area (Å²) in [6.07, 6.45) is 2.70. The van der Waals surface area contributed by atoms with Gasteiger partial charge in [0.2, 0.25) is 0 Å². The standard InChI is InChI=1S/C19H19ClN2O2S/c1-25-17-8-2-13(3-9-17)18(23)14-10-11-22(12-14)19(24)21-16-6-4-15(20)5-7-16/h2-9,14H,10-12H2,1H3,(H,21,24)/t14-/m1/s1. The molecule has 1 aliphatic rings. The van der Waals surface area contributed by atoms with Crippen molar-refractivity contribution >= 4 is 40.9 Å².